The van der Waals surface area contributed by atoms with Crippen molar-refractivity contribution < 1.29 is 19.1 Å². The van der Waals surface area contributed by atoms with Gasteiger partial charge in [-0.05, 0) is 31.0 Å². The summed E-state index contributed by atoms with van der Waals surface area (Å²) in [6.45, 7) is 3.07. The molecule has 1 N–H and O–H groups in total. The number of likely N-dealkylation sites (tertiary alicyclic amines) is 1. The van der Waals surface area contributed by atoms with Crippen molar-refractivity contribution in [1.82, 2.24) is 10.2 Å². The van der Waals surface area contributed by atoms with Gasteiger partial charge >= 0.3 is 0 Å². The largest absolute Gasteiger partial charge is 0.493 e. The first-order valence-electron chi connectivity index (χ1n) is 10.1. The van der Waals surface area contributed by atoms with Crippen LogP contribution in [0.15, 0.2) is 48.5 Å². The topological polar surface area (TPSA) is 67.9 Å². The lowest BCUT2D eigenvalue weighted by Gasteiger charge is -2.25. The molecular formula is C24H28N2O4. The zero-order chi connectivity index (χ0) is 21.5. The number of allylic oxidation sites excluding steroid dienone is 1. The minimum absolute atomic E-state index is 0.131. The van der Waals surface area contributed by atoms with Crippen molar-refractivity contribution in [1.29, 1.82) is 0 Å². The van der Waals surface area contributed by atoms with Crippen LogP contribution >= 0.6 is 0 Å². The molecule has 1 aliphatic heterocycles. The van der Waals surface area contributed by atoms with Crippen molar-refractivity contribution in [3.63, 3.8) is 0 Å². The first-order valence-corrected chi connectivity index (χ1v) is 10.1. The van der Waals surface area contributed by atoms with Crippen LogP contribution in [0.5, 0.6) is 11.5 Å². The summed E-state index contributed by atoms with van der Waals surface area (Å²) in [5.41, 5.74) is 2.18. The van der Waals surface area contributed by atoms with E-state index < -0.39 is 0 Å². The van der Waals surface area contributed by atoms with Gasteiger partial charge < -0.3 is 19.7 Å². The molecule has 3 rings (SSSR count). The third-order valence-corrected chi connectivity index (χ3v) is 5.20. The van der Waals surface area contributed by atoms with Crippen LogP contribution in [0.25, 0.3) is 6.08 Å². The molecule has 2 aromatic rings. The molecule has 0 aliphatic carbocycles. The number of amides is 2. The van der Waals surface area contributed by atoms with Crippen LogP contribution < -0.4 is 14.8 Å². The molecule has 1 heterocycles. The second-order valence-electron chi connectivity index (χ2n) is 7.18. The lowest BCUT2D eigenvalue weighted by molar-refractivity contribution is -0.128. The van der Waals surface area contributed by atoms with Gasteiger partial charge in [-0.25, -0.2) is 0 Å². The highest BCUT2D eigenvalue weighted by atomic mass is 16.5. The molecule has 0 saturated carbocycles. The summed E-state index contributed by atoms with van der Waals surface area (Å²) >= 11 is 0. The number of methoxy groups -OCH3 is 2. The summed E-state index contributed by atoms with van der Waals surface area (Å²) in [5, 5.41) is 3.10. The number of nitrogens with one attached hydrogen (secondary N) is 1. The maximum absolute atomic E-state index is 13.2. The van der Waals surface area contributed by atoms with Gasteiger partial charge in [-0.1, -0.05) is 42.5 Å². The molecule has 1 saturated heterocycles. The number of hydrogen-bond acceptors (Lipinski definition) is 4. The number of benzene rings is 2. The summed E-state index contributed by atoms with van der Waals surface area (Å²) in [5.74, 6) is 0.965. The number of carbonyl (C=O) groups is 2. The average molecular weight is 408 g/mol. The molecule has 2 amide bonds. The number of hydrogen-bond donors (Lipinski definition) is 1. The highest BCUT2D eigenvalue weighted by molar-refractivity contribution is 5.96. The second-order valence-corrected chi connectivity index (χ2v) is 7.18. The minimum atomic E-state index is -0.306. The predicted octanol–water partition coefficient (Wildman–Crippen LogP) is 3.83. The molecular weight excluding hydrogens is 380 g/mol. The first-order chi connectivity index (χ1) is 14.6. The lowest BCUT2D eigenvalue weighted by atomic mass is 10.0. The summed E-state index contributed by atoms with van der Waals surface area (Å²) in [4.78, 5) is 27.1. The maximum atomic E-state index is 13.2. The van der Waals surface area contributed by atoms with E-state index in [0.717, 1.165) is 24.1 Å². The zero-order valence-electron chi connectivity index (χ0n) is 17.7. The quantitative estimate of drug-likeness (QED) is 0.721. The van der Waals surface area contributed by atoms with Crippen molar-refractivity contribution in [2.45, 2.75) is 25.8 Å². The molecule has 6 nitrogen and oxygen atoms in total. The van der Waals surface area contributed by atoms with Gasteiger partial charge in [-0.3, -0.25) is 9.59 Å². The molecule has 1 aliphatic rings. The Hall–Kier alpha value is -3.28. The molecule has 0 unspecified atom stereocenters. The van der Waals surface area contributed by atoms with Crippen molar-refractivity contribution in [3.05, 3.63) is 65.2 Å². The number of ether oxygens (including phenoxy) is 2. The Labute approximate surface area is 177 Å². The highest BCUT2D eigenvalue weighted by Crippen LogP contribution is 2.34. The van der Waals surface area contributed by atoms with E-state index in [9.17, 15) is 9.59 Å². The minimum Gasteiger partial charge on any atom is -0.493 e. The number of nitrogens with zero attached hydrogens (tertiary/aromatic N) is 1. The van der Waals surface area contributed by atoms with Crippen LogP contribution in [0.3, 0.4) is 0 Å². The van der Waals surface area contributed by atoms with E-state index >= 15 is 0 Å². The number of carbonyl (C=O) groups excluding carboxylic acids is 2. The molecule has 1 fully saturated rings. The SMILES string of the molecule is C/C=C\c1cc(C(=O)N[C@@H](CN2CCCC2=O)c2ccccc2)cc(OC)c1OC. The summed E-state index contributed by atoms with van der Waals surface area (Å²) in [6.07, 6.45) is 5.18. The fourth-order valence-electron chi connectivity index (χ4n) is 3.71. The molecule has 158 valence electrons. The van der Waals surface area contributed by atoms with E-state index in [1.807, 2.05) is 54.3 Å². The van der Waals surface area contributed by atoms with Gasteiger partial charge in [0.1, 0.15) is 0 Å². The Morgan fingerprint density at radius 2 is 1.97 bits per heavy atom. The van der Waals surface area contributed by atoms with Gasteiger partial charge in [-0.15, -0.1) is 0 Å². The highest BCUT2D eigenvalue weighted by Gasteiger charge is 2.26. The van der Waals surface area contributed by atoms with Gasteiger partial charge in [-0.2, -0.15) is 0 Å². The maximum Gasteiger partial charge on any atom is 0.251 e. The van der Waals surface area contributed by atoms with Crippen molar-refractivity contribution in [2.75, 3.05) is 27.3 Å². The Morgan fingerprint density at radius 3 is 2.57 bits per heavy atom. The Balaban J connectivity index is 1.90. The van der Waals surface area contributed by atoms with Gasteiger partial charge in [0, 0.05) is 30.6 Å². The predicted molar refractivity (Wildman–Crippen MR) is 117 cm³/mol. The Kier molecular flexibility index (Phi) is 7.12. The smallest absolute Gasteiger partial charge is 0.251 e. The fourth-order valence-corrected chi connectivity index (χ4v) is 3.71. The zero-order valence-corrected chi connectivity index (χ0v) is 17.7. The van der Waals surface area contributed by atoms with E-state index in [0.29, 0.717) is 30.0 Å². The van der Waals surface area contributed by atoms with Gasteiger partial charge in [0.05, 0.1) is 20.3 Å². The van der Waals surface area contributed by atoms with Crippen molar-refractivity contribution >= 4 is 17.9 Å². The first kappa shape index (κ1) is 21.4. The van der Waals surface area contributed by atoms with Crippen LogP contribution in [0.2, 0.25) is 0 Å². The summed E-state index contributed by atoms with van der Waals surface area (Å²) in [7, 11) is 3.12. The number of rotatable bonds is 8. The summed E-state index contributed by atoms with van der Waals surface area (Å²) < 4.78 is 10.9. The molecule has 0 bridgehead atoms. The van der Waals surface area contributed by atoms with Crippen LogP contribution in [0.1, 0.15) is 47.3 Å². The molecule has 0 aromatic heterocycles. The van der Waals surface area contributed by atoms with E-state index in [4.69, 9.17) is 9.47 Å². The van der Waals surface area contributed by atoms with Crippen LogP contribution in [-0.2, 0) is 4.79 Å². The Bertz CT molecular complexity index is 924. The second kappa shape index (κ2) is 9.96. The molecule has 0 spiro atoms. The molecule has 0 radical (unpaired) electrons. The van der Waals surface area contributed by atoms with E-state index in [1.165, 1.54) is 0 Å². The molecule has 30 heavy (non-hydrogen) atoms. The summed E-state index contributed by atoms with van der Waals surface area (Å²) in [6, 6.07) is 12.9. The Morgan fingerprint density at radius 1 is 1.20 bits per heavy atom. The third kappa shape index (κ3) is 4.82. The lowest BCUT2D eigenvalue weighted by Crippen LogP contribution is -2.38. The van der Waals surface area contributed by atoms with Gasteiger partial charge in [0.25, 0.3) is 5.91 Å². The van der Waals surface area contributed by atoms with E-state index in [1.54, 1.807) is 26.4 Å². The van der Waals surface area contributed by atoms with Gasteiger partial charge in [0.15, 0.2) is 11.5 Å². The normalized spacial score (nSPS) is 14.8. The van der Waals surface area contributed by atoms with Crippen molar-refractivity contribution in [2.24, 2.45) is 0 Å². The standard InChI is InChI=1S/C24H28N2O4/c1-4-9-18-14-19(15-21(29-2)23(18)30-3)24(28)25-20(17-10-6-5-7-11-17)16-26-13-8-12-22(26)27/h4-7,9-11,14-15,20H,8,12-13,16H2,1-3H3,(H,25,28)/b9-4-/t20-/m0/s1. The average Bonchev–Trinajstić information content (AvgIpc) is 3.17. The van der Waals surface area contributed by atoms with Crippen molar-refractivity contribution in [3.8, 4) is 11.5 Å². The monoisotopic (exact) mass is 408 g/mol. The van der Waals surface area contributed by atoms with Crippen LogP contribution in [-0.4, -0.2) is 44.0 Å². The molecule has 6 heteroatoms. The molecule has 2 aromatic carbocycles. The third-order valence-electron chi connectivity index (χ3n) is 5.20. The van der Waals surface area contributed by atoms with E-state index in [-0.39, 0.29) is 17.9 Å². The fraction of sp³-hybridized carbons (Fsp3) is 0.333. The van der Waals surface area contributed by atoms with Gasteiger partial charge in [0.2, 0.25) is 5.91 Å². The molecule has 1 atom stereocenters. The van der Waals surface area contributed by atoms with Crippen LogP contribution in [0.4, 0.5) is 0 Å². The van der Waals surface area contributed by atoms with E-state index in [2.05, 4.69) is 5.32 Å². The van der Waals surface area contributed by atoms with Crippen LogP contribution in [0, 0.1) is 0 Å².